The van der Waals surface area contributed by atoms with E-state index < -0.39 is 12.3 Å². The summed E-state index contributed by atoms with van der Waals surface area (Å²) in [6.45, 7) is 1.80. The number of rotatable bonds is 4. The fourth-order valence-electron chi connectivity index (χ4n) is 3.25. The van der Waals surface area contributed by atoms with Crippen LogP contribution < -0.4 is 0 Å². The van der Waals surface area contributed by atoms with E-state index in [1.54, 1.807) is 6.92 Å². The van der Waals surface area contributed by atoms with Crippen LogP contribution in [-0.2, 0) is 23.8 Å². The van der Waals surface area contributed by atoms with Crippen LogP contribution in [0.3, 0.4) is 0 Å². The van der Waals surface area contributed by atoms with Gasteiger partial charge >= 0.3 is 11.9 Å². The van der Waals surface area contributed by atoms with Gasteiger partial charge in [0.15, 0.2) is 0 Å². The van der Waals surface area contributed by atoms with E-state index in [9.17, 15) is 9.59 Å². The molecule has 1 fully saturated rings. The Morgan fingerprint density at radius 3 is 2.88 bits per heavy atom. The molecular weight excluding hydrogens is 340 g/mol. The van der Waals surface area contributed by atoms with Crippen LogP contribution in [0.4, 0.5) is 0 Å². The summed E-state index contributed by atoms with van der Waals surface area (Å²) in [5, 5.41) is -0.278. The molecule has 0 N–H and O–H groups in total. The zero-order valence-electron chi connectivity index (χ0n) is 13.7. The highest BCUT2D eigenvalue weighted by Gasteiger charge is 2.46. The van der Waals surface area contributed by atoms with Gasteiger partial charge < -0.3 is 14.2 Å². The van der Waals surface area contributed by atoms with Crippen LogP contribution in [0.15, 0.2) is 59.2 Å². The summed E-state index contributed by atoms with van der Waals surface area (Å²) < 4.78 is 16.3. The fraction of sp³-hybridized carbons (Fsp3) is 0.368. The van der Waals surface area contributed by atoms with Gasteiger partial charge in [-0.1, -0.05) is 31.2 Å². The number of allylic oxidation sites excluding steroid dienone is 1. The molecule has 4 rings (SSSR count). The first kappa shape index (κ1) is 16.3. The average Bonchev–Trinajstić information content (AvgIpc) is 3.28. The lowest BCUT2D eigenvalue weighted by molar-refractivity contribution is -0.173. The van der Waals surface area contributed by atoms with Crippen molar-refractivity contribution in [3.05, 3.63) is 54.3 Å². The topological polar surface area (TPSA) is 61.8 Å². The van der Waals surface area contributed by atoms with Crippen molar-refractivity contribution in [1.29, 1.82) is 0 Å². The van der Waals surface area contributed by atoms with Gasteiger partial charge in [-0.3, -0.25) is 4.79 Å². The van der Waals surface area contributed by atoms with Gasteiger partial charge in [-0.25, -0.2) is 4.79 Å². The molecule has 0 radical (unpaired) electrons. The Bertz CT molecular complexity index is 741. The molecule has 2 heterocycles. The number of fused-ring (bicyclic) bond motifs is 1. The molecule has 5 atom stereocenters. The summed E-state index contributed by atoms with van der Waals surface area (Å²) in [6.07, 6.45) is 5.21. The lowest BCUT2D eigenvalue weighted by Crippen LogP contribution is -2.29. The molecule has 1 saturated heterocycles. The first-order chi connectivity index (χ1) is 12.1. The van der Waals surface area contributed by atoms with Gasteiger partial charge in [0.25, 0.3) is 6.29 Å². The normalized spacial score (nSPS) is 32.8. The van der Waals surface area contributed by atoms with Crippen LogP contribution in [0.1, 0.15) is 13.3 Å². The summed E-state index contributed by atoms with van der Waals surface area (Å²) in [7, 11) is 0. The first-order valence-electron chi connectivity index (χ1n) is 8.29. The number of carbonyl (C=O) groups is 2. The second-order valence-electron chi connectivity index (χ2n) is 6.34. The second-order valence-corrected chi connectivity index (χ2v) is 7.59. The van der Waals surface area contributed by atoms with Crippen molar-refractivity contribution in [2.75, 3.05) is 0 Å². The van der Waals surface area contributed by atoms with Crippen molar-refractivity contribution >= 4 is 23.7 Å². The third-order valence-electron chi connectivity index (χ3n) is 4.70. The summed E-state index contributed by atoms with van der Waals surface area (Å²) in [5.41, 5.74) is 0.508. The molecule has 1 aliphatic carbocycles. The van der Waals surface area contributed by atoms with Crippen LogP contribution in [0, 0.1) is 11.8 Å². The van der Waals surface area contributed by atoms with Crippen LogP contribution in [0.5, 0.6) is 0 Å². The van der Waals surface area contributed by atoms with E-state index in [4.69, 9.17) is 14.2 Å². The van der Waals surface area contributed by atoms with E-state index >= 15 is 0 Å². The molecule has 1 aromatic carbocycles. The third-order valence-corrected chi connectivity index (χ3v) is 6.15. The van der Waals surface area contributed by atoms with Crippen molar-refractivity contribution in [2.24, 2.45) is 11.8 Å². The number of benzene rings is 1. The Balaban J connectivity index is 1.46. The second kappa shape index (κ2) is 6.59. The Hall–Kier alpha value is -2.21. The largest absolute Gasteiger partial charge is 0.493 e. The number of ether oxygens (including phenoxy) is 3. The molecule has 2 aliphatic heterocycles. The average molecular weight is 358 g/mol. The molecule has 0 spiro atoms. The van der Waals surface area contributed by atoms with Crippen molar-refractivity contribution in [3.63, 3.8) is 0 Å². The van der Waals surface area contributed by atoms with Gasteiger partial charge in [0.05, 0.1) is 23.0 Å². The van der Waals surface area contributed by atoms with Crippen LogP contribution in [0.2, 0.25) is 0 Å². The highest BCUT2D eigenvalue weighted by molar-refractivity contribution is 8.00. The third kappa shape index (κ3) is 3.06. The molecule has 3 aliphatic rings. The minimum atomic E-state index is -0.894. The van der Waals surface area contributed by atoms with Gasteiger partial charge in [0.2, 0.25) is 0 Å². The smallest absolute Gasteiger partial charge is 0.340 e. The maximum atomic E-state index is 12.6. The molecule has 0 unspecified atom stereocenters. The summed E-state index contributed by atoms with van der Waals surface area (Å²) in [4.78, 5) is 25.6. The Morgan fingerprint density at radius 1 is 1.28 bits per heavy atom. The first-order valence-corrected chi connectivity index (χ1v) is 9.17. The number of hydrogen-bond acceptors (Lipinski definition) is 6. The monoisotopic (exact) mass is 358 g/mol. The van der Waals surface area contributed by atoms with Gasteiger partial charge in [0, 0.05) is 10.8 Å². The van der Waals surface area contributed by atoms with Gasteiger partial charge in [-0.2, -0.15) is 0 Å². The Kier molecular flexibility index (Phi) is 4.29. The lowest BCUT2D eigenvalue weighted by atomic mass is 9.98. The van der Waals surface area contributed by atoms with Gasteiger partial charge in [-0.15, -0.1) is 11.8 Å². The van der Waals surface area contributed by atoms with Crippen molar-refractivity contribution < 1.29 is 23.8 Å². The lowest BCUT2D eigenvalue weighted by Gasteiger charge is -2.20. The number of thioether (sulfide) groups is 1. The minimum Gasteiger partial charge on any atom is -0.493 e. The van der Waals surface area contributed by atoms with E-state index in [1.807, 2.05) is 42.5 Å². The van der Waals surface area contributed by atoms with E-state index in [0.29, 0.717) is 5.57 Å². The number of cyclic esters (lactones) is 1. The van der Waals surface area contributed by atoms with Crippen molar-refractivity contribution in [3.8, 4) is 0 Å². The van der Waals surface area contributed by atoms with Gasteiger partial charge in [0.1, 0.15) is 6.10 Å². The molecule has 0 saturated carbocycles. The molecule has 0 amide bonds. The molecular formula is C19H18O5S. The maximum Gasteiger partial charge on any atom is 0.340 e. The molecule has 130 valence electrons. The minimum absolute atomic E-state index is 0.00209. The summed E-state index contributed by atoms with van der Waals surface area (Å²) >= 11 is 1.49. The highest BCUT2D eigenvalue weighted by atomic mass is 32.2. The van der Waals surface area contributed by atoms with E-state index in [2.05, 4.69) is 0 Å². The fourth-order valence-corrected chi connectivity index (χ4v) is 4.41. The van der Waals surface area contributed by atoms with Crippen molar-refractivity contribution in [1.82, 2.24) is 0 Å². The maximum absolute atomic E-state index is 12.6. The van der Waals surface area contributed by atoms with Crippen LogP contribution in [0.25, 0.3) is 0 Å². The van der Waals surface area contributed by atoms with Crippen LogP contribution >= 0.6 is 11.8 Å². The predicted octanol–water partition coefficient (Wildman–Crippen LogP) is 3.07. The molecule has 1 aromatic rings. The highest BCUT2D eigenvalue weighted by Crippen LogP contribution is 2.39. The van der Waals surface area contributed by atoms with Crippen LogP contribution in [-0.4, -0.2) is 29.6 Å². The summed E-state index contributed by atoms with van der Waals surface area (Å²) in [5.74, 6) is -1.16. The molecule has 25 heavy (non-hydrogen) atoms. The zero-order chi connectivity index (χ0) is 17.4. The number of hydrogen-bond donors (Lipinski definition) is 0. The molecule has 0 bridgehead atoms. The predicted molar refractivity (Wildman–Crippen MR) is 91.4 cm³/mol. The van der Waals surface area contributed by atoms with E-state index in [1.165, 1.54) is 18.0 Å². The quantitative estimate of drug-likeness (QED) is 0.609. The SMILES string of the molecule is C[C@@H]1C(=O)O[C@@H](OC(=O)C2=CO[C@H]3C=CC[C@@H]23)[C@@H]1Sc1ccccc1. The Morgan fingerprint density at radius 2 is 2.08 bits per heavy atom. The van der Waals surface area contributed by atoms with E-state index in [-0.39, 0.29) is 29.2 Å². The molecule has 5 nitrogen and oxygen atoms in total. The molecule has 6 heteroatoms. The zero-order valence-corrected chi connectivity index (χ0v) is 14.5. The molecule has 0 aromatic heterocycles. The summed E-state index contributed by atoms with van der Waals surface area (Å²) in [6, 6.07) is 9.71. The Labute approximate surface area is 150 Å². The standard InChI is InChI=1S/C19H18O5S/c1-11-16(25-12-6-3-2-4-7-12)19(23-17(11)20)24-18(21)14-10-22-15-9-5-8-13(14)15/h2-7,9-11,13,15-16,19H,8H2,1H3/t11-,13-,15-,16+,19-/m0/s1. The number of carbonyl (C=O) groups excluding carboxylic acids is 2. The van der Waals surface area contributed by atoms with E-state index in [0.717, 1.165) is 11.3 Å². The van der Waals surface area contributed by atoms with Gasteiger partial charge in [-0.05, 0) is 24.6 Å². The van der Waals surface area contributed by atoms with Crippen molar-refractivity contribution in [2.45, 2.75) is 35.9 Å². The number of esters is 2.